The molecule has 0 amide bonds. The lowest BCUT2D eigenvalue weighted by Gasteiger charge is -2.36. The zero-order chi connectivity index (χ0) is 18.1. The predicted octanol–water partition coefficient (Wildman–Crippen LogP) is 3.79. The second kappa shape index (κ2) is 6.90. The molecule has 1 aromatic carbocycles. The van der Waals surface area contributed by atoms with E-state index in [0.29, 0.717) is 5.56 Å². The molecule has 1 unspecified atom stereocenters. The van der Waals surface area contributed by atoms with Gasteiger partial charge in [0.1, 0.15) is 9.99 Å². The fourth-order valence-electron chi connectivity index (χ4n) is 1.62. The second-order valence-corrected chi connectivity index (χ2v) is 15.4. The molecule has 1 rings (SSSR count). The summed E-state index contributed by atoms with van der Waals surface area (Å²) >= 11 is 0. The summed E-state index contributed by atoms with van der Waals surface area (Å²) in [4.78, 5) is 0. The van der Waals surface area contributed by atoms with Crippen molar-refractivity contribution in [2.45, 2.75) is 38.9 Å². The zero-order valence-electron chi connectivity index (χ0n) is 14.8. The molecule has 0 aliphatic rings. The summed E-state index contributed by atoms with van der Waals surface area (Å²) in [5.74, 6) is 0.771. The molecule has 0 N–H and O–H groups in total. The highest BCUT2D eigenvalue weighted by molar-refractivity contribution is 8.11. The Morgan fingerprint density at radius 1 is 1.17 bits per heavy atom. The van der Waals surface area contributed by atoms with Crippen molar-refractivity contribution < 1.29 is 17.1 Å². The Labute approximate surface area is 143 Å². The summed E-state index contributed by atoms with van der Waals surface area (Å²) in [5, 5.41) is 0.105. The van der Waals surface area contributed by atoms with E-state index in [1.165, 1.54) is 12.3 Å². The van der Waals surface area contributed by atoms with Crippen molar-refractivity contribution in [3.8, 4) is 5.75 Å². The minimum atomic E-state index is -3.48. The third-order valence-corrected chi connectivity index (χ3v) is 11.5. The summed E-state index contributed by atoms with van der Waals surface area (Å²) in [6.45, 7) is 10.9. The average molecular weight is 375 g/mol. The molecule has 1 aromatic rings. The van der Waals surface area contributed by atoms with Crippen LogP contribution < -0.4 is 4.43 Å². The van der Waals surface area contributed by atoms with Crippen LogP contribution in [0.5, 0.6) is 5.75 Å². The minimum Gasteiger partial charge on any atom is -0.544 e. The Morgan fingerprint density at radius 3 is 2.00 bits per heavy atom. The van der Waals surface area contributed by atoms with Gasteiger partial charge in [0.2, 0.25) is 8.32 Å². The van der Waals surface area contributed by atoms with Gasteiger partial charge in [-0.1, -0.05) is 32.9 Å². The van der Waals surface area contributed by atoms with E-state index in [4.69, 9.17) is 4.43 Å². The Morgan fingerprint density at radius 2 is 1.65 bits per heavy atom. The molecule has 0 radical (unpaired) electrons. The molecule has 0 saturated heterocycles. The predicted molar refractivity (Wildman–Crippen MR) is 101 cm³/mol. The first-order valence-electron chi connectivity index (χ1n) is 7.28. The molecule has 0 aliphatic carbocycles. The maximum absolute atomic E-state index is 11.7. The Kier molecular flexibility index (Phi) is 6.04. The monoisotopic (exact) mass is 374 g/mol. The van der Waals surface area contributed by atoms with Gasteiger partial charge in [0.05, 0.1) is 10.8 Å². The molecular weight excluding hydrogens is 348 g/mol. The Hall–Kier alpha value is -0.923. The number of hydrogen-bond acceptors (Lipinski definition) is 4. The third kappa shape index (κ3) is 5.58. The fraction of sp³-hybridized carbons (Fsp3) is 0.500. The molecule has 0 fully saturated rings. The van der Waals surface area contributed by atoms with Crippen molar-refractivity contribution in [3.63, 3.8) is 0 Å². The van der Waals surface area contributed by atoms with Crippen LogP contribution in [0.4, 0.5) is 0 Å². The van der Waals surface area contributed by atoms with Crippen molar-refractivity contribution in [1.82, 2.24) is 0 Å². The number of benzene rings is 1. The van der Waals surface area contributed by atoms with Crippen LogP contribution in [0.15, 0.2) is 28.5 Å². The van der Waals surface area contributed by atoms with Crippen LogP contribution >= 0.6 is 0 Å². The van der Waals surface area contributed by atoms with E-state index >= 15 is 0 Å². The SMILES string of the molecule is CS(=O)/C(=C/c1ccc(O[Si](C)(C)C(C)(C)C)cc1)S(C)(=O)=O. The van der Waals surface area contributed by atoms with E-state index in [0.717, 1.165) is 12.0 Å². The molecule has 4 nitrogen and oxygen atoms in total. The van der Waals surface area contributed by atoms with Crippen molar-refractivity contribution in [1.29, 1.82) is 0 Å². The van der Waals surface area contributed by atoms with Crippen molar-refractivity contribution in [2.75, 3.05) is 12.5 Å². The Balaban J connectivity index is 3.09. The van der Waals surface area contributed by atoms with Crippen LogP contribution in [0, 0.1) is 0 Å². The molecular formula is C16H26O4S2Si. The van der Waals surface area contributed by atoms with E-state index in [2.05, 4.69) is 33.9 Å². The van der Waals surface area contributed by atoms with Crippen LogP contribution in [0.25, 0.3) is 6.08 Å². The lowest BCUT2D eigenvalue weighted by atomic mass is 10.2. The highest BCUT2D eigenvalue weighted by atomic mass is 32.3. The number of hydrogen-bond donors (Lipinski definition) is 0. The van der Waals surface area contributed by atoms with Crippen molar-refractivity contribution in [3.05, 3.63) is 34.1 Å². The minimum absolute atomic E-state index is 0.0736. The quantitative estimate of drug-likeness (QED) is 0.736. The number of rotatable bonds is 5. The molecule has 130 valence electrons. The van der Waals surface area contributed by atoms with Gasteiger partial charge in [0.25, 0.3) is 0 Å². The first-order valence-corrected chi connectivity index (χ1v) is 13.6. The normalized spacial score (nSPS) is 15.3. The topological polar surface area (TPSA) is 60.4 Å². The van der Waals surface area contributed by atoms with Crippen LogP contribution in [0.1, 0.15) is 26.3 Å². The van der Waals surface area contributed by atoms with Crippen LogP contribution in [0.2, 0.25) is 18.1 Å². The van der Waals surface area contributed by atoms with Crippen LogP contribution in [-0.4, -0.2) is 33.5 Å². The van der Waals surface area contributed by atoms with E-state index < -0.39 is 29.0 Å². The van der Waals surface area contributed by atoms with Gasteiger partial charge in [-0.25, -0.2) is 8.42 Å². The smallest absolute Gasteiger partial charge is 0.250 e. The van der Waals surface area contributed by atoms with Crippen molar-refractivity contribution in [2.24, 2.45) is 0 Å². The zero-order valence-corrected chi connectivity index (χ0v) is 17.5. The second-order valence-electron chi connectivity index (χ2n) is 7.12. The van der Waals surface area contributed by atoms with Gasteiger partial charge in [-0.2, -0.15) is 0 Å². The maximum Gasteiger partial charge on any atom is 0.250 e. The maximum atomic E-state index is 11.7. The summed E-state index contributed by atoms with van der Waals surface area (Å²) < 4.78 is 41.0. The standard InChI is InChI=1S/C16H26O4S2Si/c1-16(2,3)23(6,7)20-14-10-8-13(9-11-14)12-15(21(4)17)22(5,18)19/h8-12H,1-7H3/b15-12-. The van der Waals surface area contributed by atoms with Crippen molar-refractivity contribution >= 4 is 35.0 Å². The number of sulfone groups is 1. The van der Waals surface area contributed by atoms with E-state index in [-0.39, 0.29) is 9.28 Å². The van der Waals surface area contributed by atoms with E-state index in [9.17, 15) is 12.6 Å². The van der Waals surface area contributed by atoms with Gasteiger partial charge in [-0.05, 0) is 41.9 Å². The highest BCUT2D eigenvalue weighted by Crippen LogP contribution is 2.37. The van der Waals surface area contributed by atoms with E-state index in [1.54, 1.807) is 12.1 Å². The van der Waals surface area contributed by atoms with Gasteiger partial charge in [0, 0.05) is 12.5 Å². The van der Waals surface area contributed by atoms with Crippen LogP contribution in [-0.2, 0) is 20.6 Å². The van der Waals surface area contributed by atoms with Crippen LogP contribution in [0.3, 0.4) is 0 Å². The largest absolute Gasteiger partial charge is 0.544 e. The van der Waals surface area contributed by atoms with Gasteiger partial charge in [0.15, 0.2) is 9.84 Å². The lowest BCUT2D eigenvalue weighted by Crippen LogP contribution is -2.43. The first-order chi connectivity index (χ1) is 10.2. The molecule has 23 heavy (non-hydrogen) atoms. The third-order valence-electron chi connectivity index (χ3n) is 3.99. The average Bonchev–Trinajstić information content (AvgIpc) is 2.34. The molecule has 1 atom stereocenters. The lowest BCUT2D eigenvalue weighted by molar-refractivity contribution is 0.492. The fourth-order valence-corrected chi connectivity index (χ4v) is 5.01. The highest BCUT2D eigenvalue weighted by Gasteiger charge is 2.38. The van der Waals surface area contributed by atoms with Gasteiger partial charge < -0.3 is 4.43 Å². The summed E-state index contributed by atoms with van der Waals surface area (Å²) in [5.41, 5.74) is 0.684. The summed E-state index contributed by atoms with van der Waals surface area (Å²) in [6.07, 6.45) is 3.87. The molecule has 0 saturated carbocycles. The van der Waals surface area contributed by atoms with Gasteiger partial charge >= 0.3 is 0 Å². The molecule has 0 spiro atoms. The van der Waals surface area contributed by atoms with Gasteiger partial charge in [-0.15, -0.1) is 0 Å². The molecule has 0 bridgehead atoms. The van der Waals surface area contributed by atoms with E-state index in [1.807, 2.05) is 12.1 Å². The first kappa shape index (κ1) is 20.1. The molecule has 0 aliphatic heterocycles. The summed E-state index contributed by atoms with van der Waals surface area (Å²) in [6, 6.07) is 7.20. The molecule has 7 heteroatoms. The molecule has 0 heterocycles. The summed E-state index contributed by atoms with van der Waals surface area (Å²) in [7, 11) is -6.94. The molecule has 0 aromatic heterocycles. The van der Waals surface area contributed by atoms with Gasteiger partial charge in [-0.3, -0.25) is 4.21 Å². The Bertz CT molecular complexity index is 711.